The molecule has 2 rings (SSSR count). The highest BCUT2D eigenvalue weighted by Crippen LogP contribution is 2.30. The van der Waals surface area contributed by atoms with Gasteiger partial charge in [-0.2, -0.15) is 13.2 Å². The molecule has 0 spiro atoms. The Morgan fingerprint density at radius 3 is 2.50 bits per heavy atom. The van der Waals surface area contributed by atoms with E-state index in [0.717, 1.165) is 12.1 Å². The van der Waals surface area contributed by atoms with Crippen LogP contribution in [0, 0.1) is 0 Å². The summed E-state index contributed by atoms with van der Waals surface area (Å²) in [5.41, 5.74) is -0.797. The van der Waals surface area contributed by atoms with Crippen molar-refractivity contribution in [2.45, 2.75) is 26.1 Å². The summed E-state index contributed by atoms with van der Waals surface area (Å²) in [6.07, 6.45) is -4.51. The predicted octanol–water partition coefficient (Wildman–Crippen LogP) is 4.83. The van der Waals surface area contributed by atoms with Crippen molar-refractivity contribution in [2.24, 2.45) is 0 Å². The maximum Gasteiger partial charge on any atom is 0.416 e. The Bertz CT molecular complexity index is 748. The zero-order chi connectivity index (χ0) is 17.9. The summed E-state index contributed by atoms with van der Waals surface area (Å²) >= 11 is 6.00. The average molecular weight is 358 g/mol. The lowest BCUT2D eigenvalue weighted by Gasteiger charge is -2.12. The Hall–Kier alpha value is -2.28. The summed E-state index contributed by atoms with van der Waals surface area (Å²) in [5.74, 6) is -0.165. The lowest BCUT2D eigenvalue weighted by atomic mass is 10.1. The van der Waals surface area contributed by atoms with Crippen LogP contribution in [0.1, 0.15) is 29.8 Å². The quantitative estimate of drug-likeness (QED) is 0.771. The molecule has 128 valence electrons. The molecule has 24 heavy (non-hydrogen) atoms. The van der Waals surface area contributed by atoms with E-state index < -0.39 is 17.6 Å². The normalized spacial score (nSPS) is 11.5. The zero-order valence-electron chi connectivity index (χ0n) is 12.9. The van der Waals surface area contributed by atoms with Gasteiger partial charge in [0, 0.05) is 11.6 Å². The maximum absolute atomic E-state index is 12.7. The van der Waals surface area contributed by atoms with Crippen molar-refractivity contribution < 1.29 is 18.0 Å². The molecule has 0 atom stereocenters. The van der Waals surface area contributed by atoms with Gasteiger partial charge in [0.25, 0.3) is 5.91 Å². The average Bonchev–Trinajstić information content (AvgIpc) is 2.48. The number of anilines is 2. The second kappa shape index (κ2) is 7.09. The van der Waals surface area contributed by atoms with E-state index >= 15 is 0 Å². The summed E-state index contributed by atoms with van der Waals surface area (Å²) in [7, 11) is 0. The molecule has 0 saturated heterocycles. The third-order valence-corrected chi connectivity index (χ3v) is 3.27. The number of hydrogen-bond donors (Lipinski definition) is 2. The van der Waals surface area contributed by atoms with Gasteiger partial charge in [0.05, 0.1) is 11.3 Å². The molecule has 0 unspecified atom stereocenters. The van der Waals surface area contributed by atoms with Crippen LogP contribution in [0.3, 0.4) is 0 Å². The van der Waals surface area contributed by atoms with E-state index in [-0.39, 0.29) is 22.4 Å². The first-order chi connectivity index (χ1) is 11.2. The number of benzene rings is 1. The fraction of sp³-hybridized carbons (Fsp3) is 0.250. The number of pyridine rings is 1. The van der Waals surface area contributed by atoms with Crippen LogP contribution in [0.5, 0.6) is 0 Å². The van der Waals surface area contributed by atoms with Crippen molar-refractivity contribution >= 4 is 29.0 Å². The molecule has 2 aromatic rings. The van der Waals surface area contributed by atoms with Crippen LogP contribution in [0.4, 0.5) is 24.7 Å². The Kier molecular flexibility index (Phi) is 5.33. The summed E-state index contributed by atoms with van der Waals surface area (Å²) in [5, 5.41) is 5.55. The molecule has 1 aromatic heterocycles. The summed E-state index contributed by atoms with van der Waals surface area (Å²) in [4.78, 5) is 16.2. The molecular weight excluding hydrogens is 343 g/mol. The third kappa shape index (κ3) is 4.61. The number of nitrogens with one attached hydrogen (secondary N) is 2. The molecule has 1 aromatic carbocycles. The van der Waals surface area contributed by atoms with Gasteiger partial charge in [-0.3, -0.25) is 4.79 Å². The molecule has 4 nitrogen and oxygen atoms in total. The van der Waals surface area contributed by atoms with Crippen molar-refractivity contribution in [1.82, 2.24) is 4.98 Å². The number of carbonyl (C=O) groups excluding carboxylic acids is 1. The zero-order valence-corrected chi connectivity index (χ0v) is 13.7. The Balaban J connectivity index is 2.18. The SMILES string of the molecule is CC(C)Nc1ccc(NC(=O)c2cccc(C(F)(F)F)c2)c(Cl)n1. The molecule has 0 radical (unpaired) electrons. The van der Waals surface area contributed by atoms with Crippen LogP contribution in [-0.4, -0.2) is 16.9 Å². The van der Waals surface area contributed by atoms with Gasteiger partial charge in [-0.25, -0.2) is 4.98 Å². The maximum atomic E-state index is 12.7. The smallest absolute Gasteiger partial charge is 0.368 e. The first-order valence-electron chi connectivity index (χ1n) is 7.08. The van der Waals surface area contributed by atoms with Crippen molar-refractivity contribution in [1.29, 1.82) is 0 Å². The van der Waals surface area contributed by atoms with Gasteiger partial charge < -0.3 is 10.6 Å². The fourth-order valence-corrected chi connectivity index (χ4v) is 2.14. The van der Waals surface area contributed by atoms with Gasteiger partial charge in [-0.15, -0.1) is 0 Å². The molecule has 1 heterocycles. The molecule has 0 aliphatic carbocycles. The molecule has 0 aliphatic heterocycles. The van der Waals surface area contributed by atoms with Crippen LogP contribution >= 0.6 is 11.6 Å². The number of nitrogens with zero attached hydrogens (tertiary/aromatic N) is 1. The van der Waals surface area contributed by atoms with E-state index in [0.29, 0.717) is 5.82 Å². The van der Waals surface area contributed by atoms with E-state index in [9.17, 15) is 18.0 Å². The first kappa shape index (κ1) is 18.1. The highest BCUT2D eigenvalue weighted by atomic mass is 35.5. The largest absolute Gasteiger partial charge is 0.416 e. The van der Waals surface area contributed by atoms with Gasteiger partial charge in [0.2, 0.25) is 0 Å². The van der Waals surface area contributed by atoms with E-state index in [1.54, 1.807) is 6.07 Å². The second-order valence-corrected chi connectivity index (χ2v) is 5.72. The number of aromatic nitrogens is 1. The van der Waals surface area contributed by atoms with E-state index in [2.05, 4.69) is 15.6 Å². The number of carbonyl (C=O) groups is 1. The molecule has 0 fully saturated rings. The summed E-state index contributed by atoms with van der Waals surface area (Å²) in [6.45, 7) is 3.86. The molecule has 0 bridgehead atoms. The number of hydrogen-bond acceptors (Lipinski definition) is 3. The molecule has 0 aliphatic rings. The van der Waals surface area contributed by atoms with Crippen molar-refractivity contribution in [2.75, 3.05) is 10.6 Å². The minimum atomic E-state index is -4.51. The number of rotatable bonds is 4. The second-order valence-electron chi connectivity index (χ2n) is 5.37. The molecule has 0 saturated carbocycles. The first-order valence-corrected chi connectivity index (χ1v) is 7.46. The Morgan fingerprint density at radius 2 is 1.92 bits per heavy atom. The lowest BCUT2D eigenvalue weighted by Crippen LogP contribution is -2.15. The topological polar surface area (TPSA) is 54.0 Å². The summed E-state index contributed by atoms with van der Waals surface area (Å²) < 4.78 is 38.1. The van der Waals surface area contributed by atoms with Gasteiger partial charge in [-0.05, 0) is 44.2 Å². The van der Waals surface area contributed by atoms with Gasteiger partial charge in [0.15, 0.2) is 5.15 Å². The Morgan fingerprint density at radius 1 is 1.21 bits per heavy atom. The van der Waals surface area contributed by atoms with Gasteiger partial charge >= 0.3 is 6.18 Å². The van der Waals surface area contributed by atoms with Gasteiger partial charge in [-0.1, -0.05) is 17.7 Å². The highest BCUT2D eigenvalue weighted by Gasteiger charge is 2.30. The van der Waals surface area contributed by atoms with E-state index in [1.165, 1.54) is 18.2 Å². The minimum Gasteiger partial charge on any atom is -0.368 e. The number of halogens is 4. The van der Waals surface area contributed by atoms with E-state index in [1.807, 2.05) is 13.8 Å². The van der Waals surface area contributed by atoms with Crippen LogP contribution in [0.15, 0.2) is 36.4 Å². The van der Waals surface area contributed by atoms with Crippen LogP contribution in [0.25, 0.3) is 0 Å². The highest BCUT2D eigenvalue weighted by molar-refractivity contribution is 6.32. The molecule has 8 heteroatoms. The summed E-state index contributed by atoms with van der Waals surface area (Å²) in [6, 6.07) is 7.45. The van der Waals surface area contributed by atoms with Crippen LogP contribution in [0.2, 0.25) is 5.15 Å². The third-order valence-electron chi connectivity index (χ3n) is 2.99. The predicted molar refractivity (Wildman–Crippen MR) is 87.4 cm³/mol. The van der Waals surface area contributed by atoms with E-state index in [4.69, 9.17) is 11.6 Å². The lowest BCUT2D eigenvalue weighted by molar-refractivity contribution is -0.137. The monoisotopic (exact) mass is 357 g/mol. The number of amides is 1. The van der Waals surface area contributed by atoms with Crippen LogP contribution in [-0.2, 0) is 6.18 Å². The number of alkyl halides is 3. The molecular formula is C16H15ClF3N3O. The van der Waals surface area contributed by atoms with Crippen LogP contribution < -0.4 is 10.6 Å². The fourth-order valence-electron chi connectivity index (χ4n) is 1.93. The van der Waals surface area contributed by atoms with Crippen molar-refractivity contribution in [3.8, 4) is 0 Å². The Labute approximate surface area is 142 Å². The molecule has 1 amide bonds. The van der Waals surface area contributed by atoms with Gasteiger partial charge in [0.1, 0.15) is 5.82 Å². The van der Waals surface area contributed by atoms with Crippen molar-refractivity contribution in [3.05, 3.63) is 52.7 Å². The van der Waals surface area contributed by atoms with Crippen molar-refractivity contribution in [3.63, 3.8) is 0 Å². The standard InChI is InChI=1S/C16H15ClF3N3O/c1-9(2)21-13-7-6-12(14(17)23-13)22-15(24)10-4-3-5-11(8-10)16(18,19)20/h3-9H,1-2H3,(H,21,23)(H,22,24). The minimum absolute atomic E-state index is 0.0426. The molecule has 2 N–H and O–H groups in total.